The van der Waals surface area contributed by atoms with Crippen LogP contribution < -0.4 is 15.4 Å². The first-order valence-corrected chi connectivity index (χ1v) is 13.1. The summed E-state index contributed by atoms with van der Waals surface area (Å²) in [7, 11) is -3.92. The lowest BCUT2D eigenvalue weighted by Crippen LogP contribution is -2.36. The molecule has 0 saturated carbocycles. The molecule has 3 rings (SSSR count). The van der Waals surface area contributed by atoms with Gasteiger partial charge in [-0.25, -0.2) is 17.9 Å². The van der Waals surface area contributed by atoms with E-state index in [2.05, 4.69) is 15.4 Å². The minimum atomic E-state index is -3.92. The number of hydrogen-bond donors (Lipinski definition) is 3. The number of rotatable bonds is 8. The molecule has 0 aromatic heterocycles. The molecule has 1 aliphatic heterocycles. The van der Waals surface area contributed by atoms with E-state index in [0.29, 0.717) is 10.3 Å². The molecule has 0 radical (unpaired) electrons. The SMILES string of the molecule is O=C(NCCNS(=O)(=O)c1cccc([N+](=O)[O-])c1)Nc1cccc(C2SCCCS2)c1. The second kappa shape index (κ2) is 10.8. The molecule has 1 aliphatic rings. The van der Waals surface area contributed by atoms with Gasteiger partial charge in [0.15, 0.2) is 0 Å². The fourth-order valence-corrected chi connectivity index (χ4v) is 6.77. The van der Waals surface area contributed by atoms with Crippen molar-refractivity contribution in [1.82, 2.24) is 10.0 Å². The number of amides is 2. The first-order valence-electron chi connectivity index (χ1n) is 9.47. The highest BCUT2D eigenvalue weighted by Gasteiger charge is 2.18. The van der Waals surface area contributed by atoms with Crippen LogP contribution in [0.15, 0.2) is 53.4 Å². The predicted molar refractivity (Wildman–Crippen MR) is 124 cm³/mol. The third kappa shape index (κ3) is 6.86. The Bertz CT molecular complexity index is 1040. The lowest BCUT2D eigenvalue weighted by Gasteiger charge is -2.21. The van der Waals surface area contributed by atoms with E-state index in [-0.39, 0.29) is 23.7 Å². The second-order valence-electron chi connectivity index (χ2n) is 6.59. The van der Waals surface area contributed by atoms with Crippen molar-refractivity contribution >= 4 is 51.0 Å². The summed E-state index contributed by atoms with van der Waals surface area (Å²) in [6, 6.07) is 12.0. The monoisotopic (exact) mass is 482 g/mol. The van der Waals surface area contributed by atoms with Gasteiger partial charge in [-0.3, -0.25) is 10.1 Å². The number of hydrogen-bond acceptors (Lipinski definition) is 7. The maximum Gasteiger partial charge on any atom is 0.319 e. The Hall–Kier alpha value is -2.28. The van der Waals surface area contributed by atoms with Gasteiger partial charge in [-0.1, -0.05) is 18.2 Å². The normalized spacial score (nSPS) is 14.7. The molecule has 166 valence electrons. The first-order chi connectivity index (χ1) is 14.8. The summed E-state index contributed by atoms with van der Waals surface area (Å²) in [6.45, 7) is -0.0121. The molecule has 31 heavy (non-hydrogen) atoms. The fraction of sp³-hybridized carbons (Fsp3) is 0.316. The number of nitrogens with one attached hydrogen (secondary N) is 3. The summed E-state index contributed by atoms with van der Waals surface area (Å²) in [5.41, 5.74) is 1.50. The van der Waals surface area contributed by atoms with Crippen molar-refractivity contribution in [2.75, 3.05) is 29.9 Å². The third-order valence-corrected chi connectivity index (χ3v) is 8.76. The highest BCUT2D eigenvalue weighted by Crippen LogP contribution is 2.44. The van der Waals surface area contributed by atoms with Crippen LogP contribution in [0.5, 0.6) is 0 Å². The minimum absolute atomic E-state index is 0.0496. The van der Waals surface area contributed by atoms with Crippen molar-refractivity contribution in [2.45, 2.75) is 15.9 Å². The van der Waals surface area contributed by atoms with Crippen LogP contribution in [0.3, 0.4) is 0 Å². The first kappa shape index (κ1) is 23.4. The van der Waals surface area contributed by atoms with Crippen molar-refractivity contribution in [3.05, 3.63) is 64.2 Å². The summed E-state index contributed by atoms with van der Waals surface area (Å²) in [6.07, 6.45) is 1.21. The van der Waals surface area contributed by atoms with Crippen molar-refractivity contribution in [2.24, 2.45) is 0 Å². The molecular weight excluding hydrogens is 460 g/mol. The predicted octanol–water partition coefficient (Wildman–Crippen LogP) is 3.56. The van der Waals surface area contributed by atoms with Crippen LogP contribution in [-0.4, -0.2) is 44.0 Å². The lowest BCUT2D eigenvalue weighted by molar-refractivity contribution is -0.385. The van der Waals surface area contributed by atoms with Crippen LogP contribution in [0, 0.1) is 10.1 Å². The van der Waals surface area contributed by atoms with E-state index in [1.165, 1.54) is 24.6 Å². The van der Waals surface area contributed by atoms with Crippen LogP contribution >= 0.6 is 23.5 Å². The molecule has 0 atom stereocenters. The van der Waals surface area contributed by atoms with Crippen molar-refractivity contribution in [3.63, 3.8) is 0 Å². The van der Waals surface area contributed by atoms with Gasteiger partial charge >= 0.3 is 6.03 Å². The minimum Gasteiger partial charge on any atom is -0.337 e. The molecule has 1 saturated heterocycles. The van der Waals surface area contributed by atoms with E-state index in [0.717, 1.165) is 23.1 Å². The van der Waals surface area contributed by atoms with E-state index < -0.39 is 21.0 Å². The fourth-order valence-electron chi connectivity index (χ4n) is 2.83. The van der Waals surface area contributed by atoms with Gasteiger partial charge in [0.25, 0.3) is 5.69 Å². The average Bonchev–Trinajstić information content (AvgIpc) is 2.77. The number of sulfonamides is 1. The van der Waals surface area contributed by atoms with Crippen LogP contribution in [0.25, 0.3) is 0 Å². The van der Waals surface area contributed by atoms with Crippen molar-refractivity contribution in [3.8, 4) is 0 Å². The number of urea groups is 1. The largest absolute Gasteiger partial charge is 0.337 e. The molecule has 1 fully saturated rings. The summed E-state index contributed by atoms with van der Waals surface area (Å²) in [5, 5.41) is 16.1. The number of nitrogens with zero attached hydrogens (tertiary/aromatic N) is 1. The standard InChI is InChI=1S/C19H22N4O5S3/c24-19(22-15-5-1-4-14(12-15)18-29-10-3-11-30-18)20-8-9-21-31(27,28)17-7-2-6-16(13-17)23(25)26/h1-2,4-7,12-13,18,21H,3,8-11H2,(H2,20,22,24). The molecular formula is C19H22N4O5S3. The van der Waals surface area contributed by atoms with Gasteiger partial charge < -0.3 is 10.6 Å². The Morgan fingerprint density at radius 3 is 2.58 bits per heavy atom. The number of nitro groups is 1. The molecule has 2 aromatic carbocycles. The van der Waals surface area contributed by atoms with Gasteiger partial charge in [0.1, 0.15) is 0 Å². The van der Waals surface area contributed by atoms with Gasteiger partial charge in [-0.05, 0) is 41.7 Å². The van der Waals surface area contributed by atoms with Gasteiger partial charge in [0, 0.05) is 30.9 Å². The van der Waals surface area contributed by atoms with E-state index in [4.69, 9.17) is 0 Å². The molecule has 3 N–H and O–H groups in total. The third-order valence-electron chi connectivity index (χ3n) is 4.29. The zero-order valence-electron chi connectivity index (χ0n) is 16.4. The highest BCUT2D eigenvalue weighted by molar-refractivity contribution is 8.16. The molecule has 0 unspecified atom stereocenters. The number of carbonyl (C=O) groups excluding carboxylic acids is 1. The Morgan fingerprint density at radius 2 is 1.84 bits per heavy atom. The Kier molecular flexibility index (Phi) is 8.18. The zero-order chi connectivity index (χ0) is 22.3. The molecule has 0 bridgehead atoms. The maximum atomic E-state index is 12.3. The van der Waals surface area contributed by atoms with Crippen LogP contribution in [0.4, 0.5) is 16.2 Å². The van der Waals surface area contributed by atoms with E-state index in [1.54, 1.807) is 6.07 Å². The Balaban J connectivity index is 1.47. The molecule has 2 aromatic rings. The quantitative estimate of drug-likeness (QED) is 0.298. The summed E-state index contributed by atoms with van der Waals surface area (Å²) in [5.74, 6) is 2.25. The number of benzene rings is 2. The van der Waals surface area contributed by atoms with E-state index >= 15 is 0 Å². The molecule has 12 heteroatoms. The number of thioether (sulfide) groups is 2. The number of carbonyl (C=O) groups is 1. The number of anilines is 1. The van der Waals surface area contributed by atoms with Crippen molar-refractivity contribution < 1.29 is 18.1 Å². The topological polar surface area (TPSA) is 130 Å². The van der Waals surface area contributed by atoms with E-state index in [1.807, 2.05) is 41.7 Å². The van der Waals surface area contributed by atoms with Crippen LogP contribution in [-0.2, 0) is 10.0 Å². The summed E-state index contributed by atoms with van der Waals surface area (Å²) < 4.78 is 27.2. The van der Waals surface area contributed by atoms with Crippen molar-refractivity contribution in [1.29, 1.82) is 0 Å². The maximum absolute atomic E-state index is 12.3. The van der Waals surface area contributed by atoms with Gasteiger partial charge in [-0.15, -0.1) is 23.5 Å². The molecule has 0 spiro atoms. The zero-order valence-corrected chi connectivity index (χ0v) is 18.9. The number of nitro benzene ring substituents is 1. The van der Waals surface area contributed by atoms with Crippen LogP contribution in [0.2, 0.25) is 0 Å². The summed E-state index contributed by atoms with van der Waals surface area (Å²) in [4.78, 5) is 22.1. The average molecular weight is 483 g/mol. The Morgan fingerprint density at radius 1 is 1.10 bits per heavy atom. The van der Waals surface area contributed by atoms with Gasteiger partial charge in [0.2, 0.25) is 10.0 Å². The second-order valence-corrected chi connectivity index (χ2v) is 11.1. The smallest absolute Gasteiger partial charge is 0.319 e. The number of non-ortho nitro benzene ring substituents is 1. The molecule has 1 heterocycles. The van der Waals surface area contributed by atoms with Gasteiger partial charge in [0.05, 0.1) is 14.4 Å². The van der Waals surface area contributed by atoms with E-state index in [9.17, 15) is 23.3 Å². The lowest BCUT2D eigenvalue weighted by atomic mass is 10.2. The Labute approximate surface area is 189 Å². The highest BCUT2D eigenvalue weighted by atomic mass is 32.2. The summed E-state index contributed by atoms with van der Waals surface area (Å²) >= 11 is 3.79. The van der Waals surface area contributed by atoms with Gasteiger partial charge in [-0.2, -0.15) is 0 Å². The molecule has 9 nitrogen and oxygen atoms in total. The van der Waals surface area contributed by atoms with Crippen LogP contribution in [0.1, 0.15) is 16.6 Å². The molecule has 2 amide bonds. The molecule has 0 aliphatic carbocycles.